The molecule has 0 radical (unpaired) electrons. The van der Waals surface area contributed by atoms with Gasteiger partial charge in [-0.2, -0.15) is 0 Å². The molecular formula is C19H20N2O5S. The molecule has 7 nitrogen and oxygen atoms in total. The van der Waals surface area contributed by atoms with E-state index in [2.05, 4.69) is 0 Å². The molecule has 8 heteroatoms. The standard InChI is InChI=1S/C19H20N2O5S/c20-19(23)16-8-4-5-9-17(16)26-12-18(22)21(14-6-2-1-3-7-14)15-10-11-27(24,25)13-15/h1-9,15H,10-13H2,(H2,20,23)/t15-/m1/s1. The van der Waals surface area contributed by atoms with E-state index in [0.717, 1.165) is 0 Å². The van der Waals surface area contributed by atoms with Gasteiger partial charge in [-0.25, -0.2) is 8.42 Å². The lowest BCUT2D eigenvalue weighted by Gasteiger charge is -2.28. The van der Waals surface area contributed by atoms with Crippen molar-refractivity contribution in [1.29, 1.82) is 0 Å². The van der Waals surface area contributed by atoms with Crippen LogP contribution >= 0.6 is 0 Å². The van der Waals surface area contributed by atoms with Gasteiger partial charge in [0.15, 0.2) is 16.4 Å². The van der Waals surface area contributed by atoms with E-state index in [-0.39, 0.29) is 35.3 Å². The first-order chi connectivity index (χ1) is 12.9. The minimum absolute atomic E-state index is 0.0552. The van der Waals surface area contributed by atoms with Crippen LogP contribution in [-0.2, 0) is 14.6 Å². The molecule has 0 bridgehead atoms. The van der Waals surface area contributed by atoms with Crippen LogP contribution in [0.4, 0.5) is 5.69 Å². The van der Waals surface area contributed by atoms with E-state index in [0.29, 0.717) is 12.1 Å². The number of hydrogen-bond donors (Lipinski definition) is 1. The van der Waals surface area contributed by atoms with Crippen molar-refractivity contribution in [2.45, 2.75) is 12.5 Å². The summed E-state index contributed by atoms with van der Waals surface area (Å²) >= 11 is 0. The molecule has 1 fully saturated rings. The van der Waals surface area contributed by atoms with Crippen molar-refractivity contribution in [2.24, 2.45) is 5.73 Å². The lowest BCUT2D eigenvalue weighted by Crippen LogP contribution is -2.44. The number of para-hydroxylation sites is 2. The number of carbonyl (C=O) groups is 2. The van der Waals surface area contributed by atoms with E-state index in [1.54, 1.807) is 42.5 Å². The smallest absolute Gasteiger partial charge is 0.265 e. The van der Waals surface area contributed by atoms with E-state index in [1.807, 2.05) is 6.07 Å². The third kappa shape index (κ3) is 4.46. The fourth-order valence-electron chi connectivity index (χ4n) is 3.13. The second kappa shape index (κ2) is 7.79. The highest BCUT2D eigenvalue weighted by Gasteiger charge is 2.35. The Hall–Kier alpha value is -2.87. The molecule has 2 aromatic rings. The molecular weight excluding hydrogens is 368 g/mol. The quantitative estimate of drug-likeness (QED) is 0.805. The fourth-order valence-corrected chi connectivity index (χ4v) is 4.83. The predicted molar refractivity (Wildman–Crippen MR) is 101 cm³/mol. The summed E-state index contributed by atoms with van der Waals surface area (Å²) in [7, 11) is -3.16. The summed E-state index contributed by atoms with van der Waals surface area (Å²) in [5.74, 6) is -0.849. The highest BCUT2D eigenvalue weighted by molar-refractivity contribution is 7.91. The zero-order chi connectivity index (χ0) is 19.4. The first kappa shape index (κ1) is 18.9. The van der Waals surface area contributed by atoms with Crippen molar-refractivity contribution < 1.29 is 22.7 Å². The normalized spacial score (nSPS) is 18.0. The third-order valence-corrected chi connectivity index (χ3v) is 6.13. The maximum atomic E-state index is 12.9. The zero-order valence-corrected chi connectivity index (χ0v) is 15.4. The zero-order valence-electron chi connectivity index (χ0n) is 14.6. The Kier molecular flexibility index (Phi) is 5.46. The molecule has 1 aliphatic heterocycles. The van der Waals surface area contributed by atoms with Crippen LogP contribution in [0.15, 0.2) is 54.6 Å². The van der Waals surface area contributed by atoms with E-state index < -0.39 is 21.8 Å². The van der Waals surface area contributed by atoms with Gasteiger partial charge in [0, 0.05) is 5.69 Å². The summed E-state index contributed by atoms with van der Waals surface area (Å²) in [5, 5.41) is 0. The summed E-state index contributed by atoms with van der Waals surface area (Å²) in [6.45, 7) is -0.338. The first-order valence-electron chi connectivity index (χ1n) is 8.46. The Bertz CT molecular complexity index is 944. The Morgan fingerprint density at radius 2 is 1.74 bits per heavy atom. The van der Waals surface area contributed by atoms with Gasteiger partial charge in [-0.15, -0.1) is 0 Å². The van der Waals surface area contributed by atoms with Gasteiger partial charge < -0.3 is 15.4 Å². The number of nitrogens with two attached hydrogens (primary N) is 1. The molecule has 1 heterocycles. The van der Waals surface area contributed by atoms with Crippen LogP contribution in [0, 0.1) is 0 Å². The van der Waals surface area contributed by atoms with E-state index >= 15 is 0 Å². The van der Waals surface area contributed by atoms with Crippen molar-refractivity contribution >= 4 is 27.3 Å². The minimum Gasteiger partial charge on any atom is -0.483 e. The summed E-state index contributed by atoms with van der Waals surface area (Å²) < 4.78 is 29.3. The summed E-state index contributed by atoms with van der Waals surface area (Å²) in [6, 6.07) is 14.8. The number of primary amides is 1. The van der Waals surface area contributed by atoms with E-state index in [9.17, 15) is 18.0 Å². The predicted octanol–water partition coefficient (Wildman–Crippen LogP) is 1.38. The number of rotatable bonds is 6. The molecule has 0 aromatic heterocycles. The second-order valence-electron chi connectivity index (χ2n) is 6.31. The molecule has 0 aliphatic carbocycles. The van der Waals surface area contributed by atoms with Crippen molar-refractivity contribution in [3.63, 3.8) is 0 Å². The van der Waals surface area contributed by atoms with Crippen molar-refractivity contribution in [3.8, 4) is 5.75 Å². The van der Waals surface area contributed by atoms with Crippen LogP contribution in [0.3, 0.4) is 0 Å². The highest BCUT2D eigenvalue weighted by atomic mass is 32.2. The second-order valence-corrected chi connectivity index (χ2v) is 8.53. The fraction of sp³-hybridized carbons (Fsp3) is 0.263. The van der Waals surface area contributed by atoms with Crippen LogP contribution in [0.5, 0.6) is 5.75 Å². The number of ether oxygens (including phenoxy) is 1. The van der Waals surface area contributed by atoms with Crippen molar-refractivity contribution in [1.82, 2.24) is 0 Å². The number of amides is 2. The number of nitrogens with zero attached hydrogens (tertiary/aromatic N) is 1. The monoisotopic (exact) mass is 388 g/mol. The van der Waals surface area contributed by atoms with Gasteiger partial charge in [-0.3, -0.25) is 9.59 Å². The van der Waals surface area contributed by atoms with E-state index in [4.69, 9.17) is 10.5 Å². The summed E-state index contributed by atoms with van der Waals surface area (Å²) in [5.41, 5.74) is 6.11. The highest BCUT2D eigenvalue weighted by Crippen LogP contribution is 2.25. The Morgan fingerprint density at radius 3 is 2.37 bits per heavy atom. The average molecular weight is 388 g/mol. The van der Waals surface area contributed by atoms with Gasteiger partial charge in [-0.05, 0) is 30.7 Å². The first-order valence-corrected chi connectivity index (χ1v) is 10.3. The summed E-state index contributed by atoms with van der Waals surface area (Å²) in [6.07, 6.45) is 0.376. The molecule has 0 unspecified atom stereocenters. The van der Waals surface area contributed by atoms with Gasteiger partial charge in [0.25, 0.3) is 11.8 Å². The van der Waals surface area contributed by atoms with Crippen LogP contribution in [0.2, 0.25) is 0 Å². The molecule has 0 saturated carbocycles. The van der Waals surface area contributed by atoms with Gasteiger partial charge in [0.2, 0.25) is 0 Å². The molecule has 142 valence electrons. The topological polar surface area (TPSA) is 107 Å². The van der Waals surface area contributed by atoms with Gasteiger partial charge >= 0.3 is 0 Å². The molecule has 1 atom stereocenters. The van der Waals surface area contributed by atoms with E-state index in [1.165, 1.54) is 11.0 Å². The SMILES string of the molecule is NC(=O)c1ccccc1OCC(=O)N(c1ccccc1)[C@@H]1CCS(=O)(=O)C1. The van der Waals surface area contributed by atoms with Crippen LogP contribution in [0.1, 0.15) is 16.8 Å². The number of carbonyl (C=O) groups excluding carboxylic acids is 2. The minimum atomic E-state index is -3.16. The maximum Gasteiger partial charge on any atom is 0.265 e. The van der Waals surface area contributed by atoms with Crippen LogP contribution < -0.4 is 15.4 Å². The molecule has 3 rings (SSSR count). The number of sulfone groups is 1. The number of benzene rings is 2. The molecule has 1 aliphatic rings. The third-order valence-electron chi connectivity index (χ3n) is 4.38. The van der Waals surface area contributed by atoms with Crippen molar-refractivity contribution in [2.75, 3.05) is 23.0 Å². The molecule has 2 aromatic carbocycles. The Labute approximate surface area is 157 Å². The van der Waals surface area contributed by atoms with Gasteiger partial charge in [0.1, 0.15) is 5.75 Å². The molecule has 2 amide bonds. The summed E-state index contributed by atoms with van der Waals surface area (Å²) in [4.78, 5) is 25.8. The average Bonchev–Trinajstić information content (AvgIpc) is 3.00. The lowest BCUT2D eigenvalue weighted by atomic mass is 10.1. The van der Waals surface area contributed by atoms with Crippen molar-refractivity contribution in [3.05, 3.63) is 60.2 Å². The Balaban J connectivity index is 1.81. The van der Waals surface area contributed by atoms with Crippen LogP contribution in [-0.4, -0.2) is 44.4 Å². The number of hydrogen-bond acceptors (Lipinski definition) is 5. The number of anilines is 1. The molecule has 0 spiro atoms. The molecule has 27 heavy (non-hydrogen) atoms. The Morgan fingerprint density at radius 1 is 1.07 bits per heavy atom. The van der Waals surface area contributed by atoms with Gasteiger partial charge in [-0.1, -0.05) is 30.3 Å². The largest absolute Gasteiger partial charge is 0.483 e. The molecule has 1 saturated heterocycles. The van der Waals surface area contributed by atoms with Gasteiger partial charge in [0.05, 0.1) is 23.1 Å². The molecule has 2 N–H and O–H groups in total. The lowest BCUT2D eigenvalue weighted by molar-refractivity contribution is -0.121. The maximum absolute atomic E-state index is 12.9. The van der Waals surface area contributed by atoms with Crippen LogP contribution in [0.25, 0.3) is 0 Å².